The molecule has 4 nitrogen and oxygen atoms in total. The Morgan fingerprint density at radius 1 is 1.24 bits per heavy atom. The number of benzene rings is 1. The number of imidazole rings is 1. The first-order valence-electron chi connectivity index (χ1n) is 8.35. The van der Waals surface area contributed by atoms with Gasteiger partial charge in [-0.3, -0.25) is 4.40 Å². The maximum absolute atomic E-state index is 14.6. The quantitative estimate of drug-likeness (QED) is 0.708. The molecular weight excluding hydrogens is 344 g/mol. The second-order valence-electron chi connectivity index (χ2n) is 6.40. The Balaban J connectivity index is 1.89. The third-order valence-electron chi connectivity index (χ3n) is 4.72. The highest BCUT2D eigenvalue weighted by Gasteiger charge is 2.26. The Kier molecular flexibility index (Phi) is 4.11. The summed E-state index contributed by atoms with van der Waals surface area (Å²) in [6, 6.07) is 2.69. The molecule has 0 unspecified atom stereocenters. The fourth-order valence-electron chi connectivity index (χ4n) is 3.46. The number of rotatable bonds is 4. The highest BCUT2D eigenvalue weighted by atomic mass is 32.1. The van der Waals surface area contributed by atoms with Gasteiger partial charge in [0.25, 0.3) is 0 Å². The van der Waals surface area contributed by atoms with E-state index in [0.29, 0.717) is 17.6 Å². The largest absolute Gasteiger partial charge is 0.497 e. The summed E-state index contributed by atoms with van der Waals surface area (Å²) < 4.78 is 36.1. The molecule has 132 valence electrons. The van der Waals surface area contributed by atoms with Crippen LogP contribution in [-0.2, 0) is 0 Å². The van der Waals surface area contributed by atoms with Crippen LogP contribution in [0.4, 0.5) is 14.6 Å². The van der Waals surface area contributed by atoms with Crippen molar-refractivity contribution in [1.82, 2.24) is 9.38 Å². The first-order chi connectivity index (χ1) is 12.1. The lowest BCUT2D eigenvalue weighted by Crippen LogP contribution is -2.17. The molecule has 0 bridgehead atoms. The third kappa shape index (κ3) is 2.76. The van der Waals surface area contributed by atoms with E-state index < -0.39 is 11.6 Å². The van der Waals surface area contributed by atoms with Crippen molar-refractivity contribution < 1.29 is 13.5 Å². The Morgan fingerprint density at radius 3 is 2.56 bits per heavy atom. The zero-order chi connectivity index (χ0) is 17.6. The number of hydrogen-bond donors (Lipinski definition) is 1. The number of thiazole rings is 1. The van der Waals surface area contributed by atoms with E-state index in [-0.39, 0.29) is 11.3 Å². The molecule has 0 atom stereocenters. The number of hydrogen-bond acceptors (Lipinski definition) is 4. The van der Waals surface area contributed by atoms with Crippen molar-refractivity contribution in [3.05, 3.63) is 34.8 Å². The lowest BCUT2D eigenvalue weighted by atomic mass is 10.1. The van der Waals surface area contributed by atoms with Crippen LogP contribution in [0.2, 0.25) is 0 Å². The van der Waals surface area contributed by atoms with Crippen LogP contribution >= 0.6 is 11.3 Å². The van der Waals surface area contributed by atoms with Crippen LogP contribution in [0.5, 0.6) is 5.75 Å². The number of nitrogens with zero attached hydrogens (tertiary/aromatic N) is 2. The number of ether oxygens (including phenoxy) is 1. The summed E-state index contributed by atoms with van der Waals surface area (Å²) in [7, 11) is 1.39. The van der Waals surface area contributed by atoms with Crippen molar-refractivity contribution in [2.75, 3.05) is 12.4 Å². The van der Waals surface area contributed by atoms with Crippen molar-refractivity contribution in [1.29, 1.82) is 0 Å². The van der Waals surface area contributed by atoms with Crippen molar-refractivity contribution >= 4 is 22.1 Å². The summed E-state index contributed by atoms with van der Waals surface area (Å²) in [6.45, 7) is 1.97. The van der Waals surface area contributed by atoms with Crippen LogP contribution in [0.3, 0.4) is 0 Å². The maximum Gasteiger partial charge on any atom is 0.196 e. The number of nitrogens with one attached hydrogen (secondary N) is 1. The lowest BCUT2D eigenvalue weighted by Gasteiger charge is -2.15. The van der Waals surface area contributed by atoms with Crippen molar-refractivity contribution in [3.8, 4) is 17.0 Å². The Bertz CT molecular complexity index is 905. The molecule has 1 aromatic carbocycles. The van der Waals surface area contributed by atoms with E-state index in [4.69, 9.17) is 4.74 Å². The fourth-order valence-corrected chi connectivity index (χ4v) is 4.33. The summed E-state index contributed by atoms with van der Waals surface area (Å²) in [5.41, 5.74) is 1.20. The molecule has 1 aliphatic carbocycles. The van der Waals surface area contributed by atoms with Gasteiger partial charge in [0.15, 0.2) is 4.96 Å². The van der Waals surface area contributed by atoms with Gasteiger partial charge in [-0.1, -0.05) is 12.8 Å². The predicted molar refractivity (Wildman–Crippen MR) is 95.6 cm³/mol. The first-order valence-corrected chi connectivity index (χ1v) is 9.23. The lowest BCUT2D eigenvalue weighted by molar-refractivity contribution is 0.407. The van der Waals surface area contributed by atoms with E-state index in [2.05, 4.69) is 10.3 Å². The second-order valence-corrected chi connectivity index (χ2v) is 7.23. The normalized spacial score (nSPS) is 15.2. The molecule has 25 heavy (non-hydrogen) atoms. The molecular formula is C18H19F2N3OS. The molecule has 1 aliphatic rings. The number of anilines is 1. The molecule has 0 saturated heterocycles. The van der Waals surface area contributed by atoms with Gasteiger partial charge < -0.3 is 10.1 Å². The summed E-state index contributed by atoms with van der Waals surface area (Å²) >= 11 is 1.46. The van der Waals surface area contributed by atoms with Crippen LogP contribution in [0.25, 0.3) is 16.2 Å². The second kappa shape index (κ2) is 6.29. The van der Waals surface area contributed by atoms with Crippen molar-refractivity contribution in [2.45, 2.75) is 38.6 Å². The standard InChI is InChI=1S/C18H19F2N3OS/c1-10-9-25-18-22-16(15-13(19)7-12(24-2)8-14(15)20)17(23(10)18)21-11-5-3-4-6-11/h7-9,11,21H,3-6H2,1-2H3. The molecule has 2 heterocycles. The van der Waals surface area contributed by atoms with Crippen LogP contribution in [0.15, 0.2) is 17.5 Å². The number of methoxy groups -OCH3 is 1. The Hall–Kier alpha value is -2.15. The maximum atomic E-state index is 14.6. The topological polar surface area (TPSA) is 38.6 Å². The number of halogens is 2. The zero-order valence-electron chi connectivity index (χ0n) is 14.1. The van der Waals surface area contributed by atoms with E-state index in [9.17, 15) is 8.78 Å². The molecule has 4 rings (SSSR count). The molecule has 0 spiro atoms. The SMILES string of the molecule is COc1cc(F)c(-c2nc3scc(C)n3c2NC2CCCC2)c(F)c1. The van der Waals surface area contributed by atoms with E-state index in [1.807, 2.05) is 16.7 Å². The van der Waals surface area contributed by atoms with Gasteiger partial charge >= 0.3 is 0 Å². The number of fused-ring (bicyclic) bond motifs is 1. The molecule has 0 amide bonds. The zero-order valence-corrected chi connectivity index (χ0v) is 14.9. The van der Waals surface area contributed by atoms with E-state index in [1.165, 1.54) is 43.4 Å². The monoisotopic (exact) mass is 363 g/mol. The van der Waals surface area contributed by atoms with Gasteiger partial charge in [-0.15, -0.1) is 11.3 Å². The van der Waals surface area contributed by atoms with Gasteiger partial charge in [-0.05, 0) is 19.8 Å². The first kappa shape index (κ1) is 16.3. The van der Waals surface area contributed by atoms with Crippen LogP contribution < -0.4 is 10.1 Å². The highest BCUT2D eigenvalue weighted by molar-refractivity contribution is 7.15. The van der Waals surface area contributed by atoms with E-state index in [0.717, 1.165) is 23.5 Å². The fraction of sp³-hybridized carbons (Fsp3) is 0.389. The summed E-state index contributed by atoms with van der Waals surface area (Å²) in [5.74, 6) is -0.519. The number of aromatic nitrogens is 2. The van der Waals surface area contributed by atoms with E-state index >= 15 is 0 Å². The smallest absolute Gasteiger partial charge is 0.196 e. The predicted octanol–water partition coefficient (Wildman–Crippen LogP) is 5.01. The number of aryl methyl sites for hydroxylation is 1. The highest BCUT2D eigenvalue weighted by Crippen LogP contribution is 2.38. The summed E-state index contributed by atoms with van der Waals surface area (Å²) in [4.78, 5) is 5.25. The minimum Gasteiger partial charge on any atom is -0.497 e. The molecule has 3 aromatic rings. The molecule has 1 saturated carbocycles. The Morgan fingerprint density at radius 2 is 1.92 bits per heavy atom. The van der Waals surface area contributed by atoms with Crippen LogP contribution in [0.1, 0.15) is 31.4 Å². The van der Waals surface area contributed by atoms with Crippen molar-refractivity contribution in [3.63, 3.8) is 0 Å². The molecule has 1 N–H and O–H groups in total. The minimum atomic E-state index is -0.672. The average Bonchev–Trinajstić information content (AvgIpc) is 3.28. The molecule has 1 fully saturated rings. The average molecular weight is 363 g/mol. The van der Waals surface area contributed by atoms with Crippen LogP contribution in [-0.4, -0.2) is 22.5 Å². The minimum absolute atomic E-state index is 0.114. The van der Waals surface area contributed by atoms with Gasteiger partial charge in [0.05, 0.1) is 12.7 Å². The van der Waals surface area contributed by atoms with Gasteiger partial charge in [-0.25, -0.2) is 13.8 Å². The summed E-state index contributed by atoms with van der Waals surface area (Å²) in [6.07, 6.45) is 4.46. The van der Waals surface area contributed by atoms with Crippen LogP contribution in [0, 0.1) is 18.6 Å². The van der Waals surface area contributed by atoms with Gasteiger partial charge in [0.2, 0.25) is 0 Å². The van der Waals surface area contributed by atoms with Gasteiger partial charge in [0, 0.05) is 29.2 Å². The van der Waals surface area contributed by atoms with Crippen molar-refractivity contribution in [2.24, 2.45) is 0 Å². The molecule has 0 aliphatic heterocycles. The molecule has 2 aromatic heterocycles. The molecule has 7 heteroatoms. The van der Waals surface area contributed by atoms with Gasteiger partial charge in [0.1, 0.15) is 28.9 Å². The van der Waals surface area contributed by atoms with E-state index in [1.54, 1.807) is 0 Å². The Labute approximate surface area is 148 Å². The molecule has 0 radical (unpaired) electrons. The summed E-state index contributed by atoms with van der Waals surface area (Å²) in [5, 5.41) is 5.48. The third-order valence-corrected chi connectivity index (χ3v) is 5.66. The van der Waals surface area contributed by atoms with Gasteiger partial charge in [-0.2, -0.15) is 0 Å².